The van der Waals surface area contributed by atoms with E-state index in [0.29, 0.717) is 27.3 Å². The Hall–Kier alpha value is -2.50. The van der Waals surface area contributed by atoms with Crippen LogP contribution in [-0.4, -0.2) is 15.6 Å². The standard InChI is InChI=1S/C19H16Cl2N2O3/c1-12-15(20)4-3-5-18(12)25-11-14-7-6-13(26-14)8-9-17(24)19-16(21)10-23(2)22-19/h3-10H,11H2,1-2H3. The molecule has 1 aromatic carbocycles. The van der Waals surface area contributed by atoms with Gasteiger partial charge in [-0.05, 0) is 43.3 Å². The molecular weight excluding hydrogens is 375 g/mol. The van der Waals surface area contributed by atoms with E-state index in [1.807, 2.05) is 25.1 Å². The number of aryl methyl sites for hydroxylation is 1. The highest BCUT2D eigenvalue weighted by molar-refractivity contribution is 6.34. The molecule has 0 aliphatic rings. The van der Waals surface area contributed by atoms with Gasteiger partial charge in [0.05, 0.1) is 5.02 Å². The van der Waals surface area contributed by atoms with Crippen molar-refractivity contribution in [2.75, 3.05) is 0 Å². The fraction of sp³-hybridized carbons (Fsp3) is 0.158. The average Bonchev–Trinajstić information content (AvgIpc) is 3.20. The van der Waals surface area contributed by atoms with Crippen molar-refractivity contribution in [3.8, 4) is 5.75 Å². The maximum Gasteiger partial charge on any atom is 0.207 e. The molecule has 0 unspecified atom stereocenters. The first-order chi connectivity index (χ1) is 12.4. The molecule has 0 saturated heterocycles. The van der Waals surface area contributed by atoms with Crippen molar-refractivity contribution < 1.29 is 13.9 Å². The Bertz CT molecular complexity index is 973. The minimum atomic E-state index is -0.292. The smallest absolute Gasteiger partial charge is 0.207 e. The molecule has 0 bridgehead atoms. The van der Waals surface area contributed by atoms with Gasteiger partial charge in [0.15, 0.2) is 5.69 Å². The molecule has 7 heteroatoms. The van der Waals surface area contributed by atoms with E-state index in [2.05, 4.69) is 5.10 Å². The number of ether oxygens (including phenoxy) is 1. The lowest BCUT2D eigenvalue weighted by molar-refractivity contribution is 0.104. The molecule has 0 aliphatic carbocycles. The third-order valence-corrected chi connectivity index (χ3v) is 4.37. The Balaban J connectivity index is 1.63. The van der Waals surface area contributed by atoms with E-state index in [4.69, 9.17) is 32.4 Å². The van der Waals surface area contributed by atoms with Gasteiger partial charge in [0.25, 0.3) is 0 Å². The summed E-state index contributed by atoms with van der Waals surface area (Å²) in [7, 11) is 1.70. The molecule has 0 radical (unpaired) electrons. The third-order valence-electron chi connectivity index (χ3n) is 3.69. The van der Waals surface area contributed by atoms with Gasteiger partial charge in [-0.15, -0.1) is 0 Å². The van der Waals surface area contributed by atoms with Crippen LogP contribution in [0.15, 0.2) is 47.0 Å². The topological polar surface area (TPSA) is 57.3 Å². The van der Waals surface area contributed by atoms with Crippen LogP contribution >= 0.6 is 23.2 Å². The van der Waals surface area contributed by atoms with E-state index in [1.165, 1.54) is 10.8 Å². The molecule has 2 aromatic heterocycles. The summed E-state index contributed by atoms with van der Waals surface area (Å²) in [5.41, 5.74) is 1.08. The van der Waals surface area contributed by atoms with Crippen LogP contribution in [0.2, 0.25) is 10.0 Å². The summed E-state index contributed by atoms with van der Waals surface area (Å²) in [6, 6.07) is 9.03. The normalized spacial score (nSPS) is 11.2. The van der Waals surface area contributed by atoms with Crippen molar-refractivity contribution in [1.29, 1.82) is 0 Å². The maximum absolute atomic E-state index is 12.1. The van der Waals surface area contributed by atoms with Gasteiger partial charge in [-0.25, -0.2) is 0 Å². The molecule has 0 atom stereocenters. The van der Waals surface area contributed by atoms with Crippen LogP contribution in [0.5, 0.6) is 5.75 Å². The minimum Gasteiger partial charge on any atom is -0.485 e. The zero-order chi connectivity index (χ0) is 18.7. The molecule has 0 fully saturated rings. The summed E-state index contributed by atoms with van der Waals surface area (Å²) in [6.45, 7) is 2.15. The van der Waals surface area contributed by atoms with Crippen LogP contribution in [0.4, 0.5) is 0 Å². The van der Waals surface area contributed by atoms with Gasteiger partial charge >= 0.3 is 0 Å². The quantitative estimate of drug-likeness (QED) is 0.433. The number of benzene rings is 1. The molecule has 5 nitrogen and oxygen atoms in total. The molecule has 134 valence electrons. The average molecular weight is 391 g/mol. The van der Waals surface area contributed by atoms with Crippen molar-refractivity contribution in [3.63, 3.8) is 0 Å². The van der Waals surface area contributed by atoms with Gasteiger partial charge in [0.1, 0.15) is 23.9 Å². The number of furan rings is 1. The molecule has 0 amide bonds. The van der Waals surface area contributed by atoms with Crippen molar-refractivity contribution in [2.45, 2.75) is 13.5 Å². The number of carbonyl (C=O) groups excluding carboxylic acids is 1. The second-order valence-corrected chi connectivity index (χ2v) is 6.47. The van der Waals surface area contributed by atoms with Crippen LogP contribution in [0, 0.1) is 6.92 Å². The van der Waals surface area contributed by atoms with Gasteiger partial charge in [-0.3, -0.25) is 9.48 Å². The molecule has 0 N–H and O–H groups in total. The first-order valence-electron chi connectivity index (χ1n) is 7.82. The lowest BCUT2D eigenvalue weighted by Gasteiger charge is -2.08. The lowest BCUT2D eigenvalue weighted by atomic mass is 10.2. The first-order valence-corrected chi connectivity index (χ1v) is 8.58. The molecule has 26 heavy (non-hydrogen) atoms. The van der Waals surface area contributed by atoms with E-state index in [1.54, 1.807) is 31.5 Å². The Labute approximate surface area is 160 Å². The number of hydrogen-bond acceptors (Lipinski definition) is 4. The SMILES string of the molecule is Cc1c(Cl)cccc1OCc1ccc(C=CC(=O)c2nn(C)cc2Cl)o1. The van der Waals surface area contributed by atoms with Gasteiger partial charge in [0.2, 0.25) is 5.78 Å². The zero-order valence-electron chi connectivity index (χ0n) is 14.2. The monoisotopic (exact) mass is 390 g/mol. The molecule has 3 rings (SSSR count). The molecule has 3 aromatic rings. The lowest BCUT2D eigenvalue weighted by Crippen LogP contribution is -1.98. The highest BCUT2D eigenvalue weighted by Gasteiger charge is 2.12. The predicted molar refractivity (Wildman–Crippen MR) is 101 cm³/mol. The van der Waals surface area contributed by atoms with Crippen molar-refractivity contribution in [3.05, 3.63) is 75.4 Å². The van der Waals surface area contributed by atoms with Gasteiger partial charge in [-0.1, -0.05) is 29.3 Å². The summed E-state index contributed by atoms with van der Waals surface area (Å²) in [4.78, 5) is 12.1. The van der Waals surface area contributed by atoms with Crippen molar-refractivity contribution in [2.24, 2.45) is 7.05 Å². The number of carbonyl (C=O) groups is 1. The van der Waals surface area contributed by atoms with Crippen molar-refractivity contribution >= 4 is 35.1 Å². The highest BCUT2D eigenvalue weighted by atomic mass is 35.5. The number of allylic oxidation sites excluding steroid dienone is 1. The molecule has 0 spiro atoms. The number of aromatic nitrogens is 2. The van der Waals surface area contributed by atoms with Crippen LogP contribution in [0.1, 0.15) is 27.6 Å². The molecular formula is C19H16Cl2N2O3. The molecule has 0 saturated carbocycles. The summed E-state index contributed by atoms with van der Waals surface area (Å²) in [6.07, 6.45) is 4.52. The largest absolute Gasteiger partial charge is 0.485 e. The van der Waals surface area contributed by atoms with E-state index in [0.717, 1.165) is 5.56 Å². The van der Waals surface area contributed by atoms with Crippen LogP contribution in [0.3, 0.4) is 0 Å². The van der Waals surface area contributed by atoms with E-state index in [9.17, 15) is 4.79 Å². The maximum atomic E-state index is 12.1. The van der Waals surface area contributed by atoms with Crippen molar-refractivity contribution in [1.82, 2.24) is 9.78 Å². The van der Waals surface area contributed by atoms with Crippen LogP contribution in [0.25, 0.3) is 6.08 Å². The molecule has 2 heterocycles. The van der Waals surface area contributed by atoms with Crippen LogP contribution < -0.4 is 4.74 Å². The zero-order valence-corrected chi connectivity index (χ0v) is 15.7. The van der Waals surface area contributed by atoms with E-state index >= 15 is 0 Å². The first kappa shape index (κ1) is 18.3. The van der Waals surface area contributed by atoms with Gasteiger partial charge in [-0.2, -0.15) is 5.10 Å². The Kier molecular flexibility index (Phi) is 5.49. The van der Waals surface area contributed by atoms with Crippen LogP contribution in [-0.2, 0) is 13.7 Å². The second kappa shape index (κ2) is 7.81. The van der Waals surface area contributed by atoms with E-state index < -0.39 is 0 Å². The number of hydrogen-bond donors (Lipinski definition) is 0. The summed E-state index contributed by atoms with van der Waals surface area (Å²) in [5.74, 6) is 1.57. The summed E-state index contributed by atoms with van der Waals surface area (Å²) in [5, 5.41) is 4.99. The minimum absolute atomic E-state index is 0.206. The summed E-state index contributed by atoms with van der Waals surface area (Å²) >= 11 is 12.0. The predicted octanol–water partition coefficient (Wildman–Crippen LogP) is 5.10. The Morgan fingerprint density at radius 3 is 2.81 bits per heavy atom. The fourth-order valence-corrected chi connectivity index (χ4v) is 2.76. The summed E-state index contributed by atoms with van der Waals surface area (Å²) < 4.78 is 12.9. The number of rotatable bonds is 6. The second-order valence-electron chi connectivity index (χ2n) is 5.65. The van der Waals surface area contributed by atoms with Gasteiger partial charge < -0.3 is 9.15 Å². The Morgan fingerprint density at radius 1 is 1.27 bits per heavy atom. The fourth-order valence-electron chi connectivity index (χ4n) is 2.32. The third kappa shape index (κ3) is 4.18. The van der Waals surface area contributed by atoms with Gasteiger partial charge in [0, 0.05) is 23.8 Å². The number of halogens is 2. The highest BCUT2D eigenvalue weighted by Crippen LogP contribution is 2.26. The van der Waals surface area contributed by atoms with E-state index in [-0.39, 0.29) is 18.1 Å². The molecule has 0 aliphatic heterocycles. The number of ketones is 1. The Morgan fingerprint density at radius 2 is 2.08 bits per heavy atom. The number of nitrogens with zero attached hydrogens (tertiary/aromatic N) is 2.